The second-order valence-corrected chi connectivity index (χ2v) is 9.35. The molecule has 8 nitrogen and oxygen atoms in total. The van der Waals surface area contributed by atoms with Crippen molar-refractivity contribution in [1.29, 1.82) is 0 Å². The predicted octanol–water partition coefficient (Wildman–Crippen LogP) is 0.533. The monoisotopic (exact) mass is 426 g/mol. The molecule has 0 unspecified atom stereocenters. The molecule has 0 saturated carbocycles. The molecule has 1 aromatic rings. The van der Waals surface area contributed by atoms with Crippen LogP contribution < -0.4 is 21.1 Å². The van der Waals surface area contributed by atoms with Gasteiger partial charge in [0.2, 0.25) is 21.8 Å². The lowest BCUT2D eigenvalue weighted by Gasteiger charge is -2.24. The molecule has 0 spiro atoms. The van der Waals surface area contributed by atoms with Gasteiger partial charge in [-0.1, -0.05) is 44.2 Å². The topological polar surface area (TPSA) is 130 Å². The van der Waals surface area contributed by atoms with E-state index in [9.17, 15) is 18.0 Å². The van der Waals surface area contributed by atoms with Gasteiger partial charge < -0.3 is 16.4 Å². The number of amides is 2. The molecule has 29 heavy (non-hydrogen) atoms. The van der Waals surface area contributed by atoms with Crippen molar-refractivity contribution in [3.05, 3.63) is 35.9 Å². The van der Waals surface area contributed by atoms with Gasteiger partial charge in [-0.05, 0) is 37.3 Å². The highest BCUT2D eigenvalue weighted by molar-refractivity contribution is 7.89. The number of hydrogen-bond acceptors (Lipinski definition) is 5. The molecule has 0 aromatic heterocycles. The van der Waals surface area contributed by atoms with Crippen LogP contribution >= 0.6 is 0 Å². The first-order valence-corrected chi connectivity index (χ1v) is 11.6. The third kappa shape index (κ3) is 9.87. The number of sulfonamides is 1. The average molecular weight is 427 g/mol. The lowest BCUT2D eigenvalue weighted by atomic mass is 10.0. The number of likely N-dealkylation sites (N-methyl/N-ethyl adjacent to an activating group) is 1. The summed E-state index contributed by atoms with van der Waals surface area (Å²) in [5, 5.41) is 5.26. The van der Waals surface area contributed by atoms with Crippen LogP contribution in [0.3, 0.4) is 0 Å². The van der Waals surface area contributed by atoms with Crippen LogP contribution in [0, 0.1) is 5.92 Å². The van der Waals surface area contributed by atoms with Gasteiger partial charge in [-0.25, -0.2) is 13.1 Å². The molecular formula is C20H34N4O4S. The Morgan fingerprint density at radius 3 is 2.24 bits per heavy atom. The Labute approximate surface area is 174 Å². The smallest absolute Gasteiger partial charge is 0.242 e. The van der Waals surface area contributed by atoms with E-state index in [1.165, 1.54) is 7.05 Å². The molecule has 2 atom stereocenters. The largest absolute Gasteiger partial charge is 0.357 e. The molecule has 2 amide bonds. The van der Waals surface area contributed by atoms with Crippen LogP contribution in [0.2, 0.25) is 0 Å². The Balaban J connectivity index is 2.90. The molecule has 0 saturated heterocycles. The molecule has 5 N–H and O–H groups in total. The molecule has 1 aromatic carbocycles. The summed E-state index contributed by atoms with van der Waals surface area (Å²) >= 11 is 0. The minimum atomic E-state index is -3.63. The van der Waals surface area contributed by atoms with E-state index in [4.69, 9.17) is 5.73 Å². The minimum Gasteiger partial charge on any atom is -0.357 e. The lowest BCUT2D eigenvalue weighted by Crippen LogP contribution is -2.54. The van der Waals surface area contributed by atoms with Gasteiger partial charge in [0.1, 0.15) is 12.1 Å². The minimum absolute atomic E-state index is 0.0880. The van der Waals surface area contributed by atoms with E-state index in [2.05, 4.69) is 15.4 Å². The molecule has 1 rings (SSSR count). The molecule has 164 valence electrons. The summed E-state index contributed by atoms with van der Waals surface area (Å²) < 4.78 is 27.2. The quantitative estimate of drug-likeness (QED) is 0.342. The van der Waals surface area contributed by atoms with E-state index < -0.39 is 28.0 Å². The van der Waals surface area contributed by atoms with Crippen molar-refractivity contribution >= 4 is 21.8 Å². The second kappa shape index (κ2) is 12.6. The lowest BCUT2D eigenvalue weighted by molar-refractivity contribution is -0.129. The maximum absolute atomic E-state index is 12.9. The Hall–Kier alpha value is -1.97. The summed E-state index contributed by atoms with van der Waals surface area (Å²) in [4.78, 5) is 25.1. The summed E-state index contributed by atoms with van der Waals surface area (Å²) in [6.45, 7) is 4.23. The molecule has 0 radical (unpaired) electrons. The standard InChI is InChI=1S/C20H34N4O4S/c1-15(2)13-18(24-29(27,28)12-8-7-11-21)20(26)23-17(19(25)22-3)14-16-9-5-4-6-10-16/h4-6,9-10,15,17-18,24H,7-8,11-14,21H2,1-3H3,(H,22,25)(H,23,26)/t17-,18-/m0/s1. The maximum atomic E-state index is 12.9. The zero-order valence-electron chi connectivity index (χ0n) is 17.5. The highest BCUT2D eigenvalue weighted by atomic mass is 32.2. The predicted molar refractivity (Wildman–Crippen MR) is 115 cm³/mol. The zero-order valence-corrected chi connectivity index (χ0v) is 18.3. The Kier molecular flexibility index (Phi) is 10.9. The normalized spacial score (nSPS) is 13.7. The van der Waals surface area contributed by atoms with Crippen molar-refractivity contribution in [3.8, 4) is 0 Å². The summed E-state index contributed by atoms with van der Waals surface area (Å²) in [5.74, 6) is -0.846. The van der Waals surface area contributed by atoms with Gasteiger partial charge in [-0.2, -0.15) is 0 Å². The van der Waals surface area contributed by atoms with Gasteiger partial charge in [0.15, 0.2) is 0 Å². The summed E-state index contributed by atoms with van der Waals surface area (Å²) in [7, 11) is -2.13. The van der Waals surface area contributed by atoms with Gasteiger partial charge in [-0.15, -0.1) is 0 Å². The number of nitrogens with two attached hydrogens (primary N) is 1. The fraction of sp³-hybridized carbons (Fsp3) is 0.600. The number of carbonyl (C=O) groups excluding carboxylic acids is 2. The van der Waals surface area contributed by atoms with Crippen LogP contribution in [0.25, 0.3) is 0 Å². The first kappa shape index (κ1) is 25.1. The Morgan fingerprint density at radius 2 is 1.69 bits per heavy atom. The molecule has 0 fully saturated rings. The van der Waals surface area contributed by atoms with Crippen LogP contribution in [0.4, 0.5) is 0 Å². The van der Waals surface area contributed by atoms with Crippen LogP contribution in [0.5, 0.6) is 0 Å². The van der Waals surface area contributed by atoms with Gasteiger partial charge in [-0.3, -0.25) is 9.59 Å². The van der Waals surface area contributed by atoms with E-state index in [0.29, 0.717) is 32.2 Å². The molecule has 0 bridgehead atoms. The molecule has 0 aliphatic rings. The van der Waals surface area contributed by atoms with E-state index in [1.54, 1.807) is 0 Å². The van der Waals surface area contributed by atoms with Crippen molar-refractivity contribution < 1.29 is 18.0 Å². The maximum Gasteiger partial charge on any atom is 0.242 e. The third-order valence-electron chi connectivity index (χ3n) is 4.37. The first-order valence-electron chi connectivity index (χ1n) is 9.94. The zero-order chi connectivity index (χ0) is 21.9. The van der Waals surface area contributed by atoms with Gasteiger partial charge in [0, 0.05) is 13.5 Å². The number of hydrogen-bond donors (Lipinski definition) is 4. The Bertz CT molecular complexity index is 738. The summed E-state index contributed by atoms with van der Waals surface area (Å²) in [6, 6.07) is 7.58. The number of unbranched alkanes of at least 4 members (excludes halogenated alkanes) is 1. The van der Waals surface area contributed by atoms with Crippen LogP contribution in [0.1, 0.15) is 38.7 Å². The number of nitrogens with one attached hydrogen (secondary N) is 3. The van der Waals surface area contributed by atoms with Crippen molar-refractivity contribution in [1.82, 2.24) is 15.4 Å². The highest BCUT2D eigenvalue weighted by Crippen LogP contribution is 2.09. The number of carbonyl (C=O) groups is 2. The summed E-state index contributed by atoms with van der Waals surface area (Å²) in [5.41, 5.74) is 6.31. The molecule has 0 aliphatic heterocycles. The van der Waals surface area contributed by atoms with E-state index in [1.807, 2.05) is 44.2 Å². The fourth-order valence-electron chi connectivity index (χ4n) is 2.90. The van der Waals surface area contributed by atoms with Crippen LogP contribution in [0.15, 0.2) is 30.3 Å². The van der Waals surface area contributed by atoms with Crippen molar-refractivity contribution in [2.45, 2.75) is 51.6 Å². The van der Waals surface area contributed by atoms with Crippen molar-refractivity contribution in [2.24, 2.45) is 11.7 Å². The van der Waals surface area contributed by atoms with E-state index >= 15 is 0 Å². The first-order chi connectivity index (χ1) is 13.7. The molecule has 9 heteroatoms. The highest BCUT2D eigenvalue weighted by Gasteiger charge is 2.29. The molecular weight excluding hydrogens is 392 g/mol. The van der Waals surface area contributed by atoms with Gasteiger partial charge >= 0.3 is 0 Å². The molecule has 0 heterocycles. The summed E-state index contributed by atoms with van der Waals surface area (Å²) in [6.07, 6.45) is 1.66. The van der Waals surface area contributed by atoms with Gasteiger partial charge in [0.25, 0.3) is 0 Å². The SMILES string of the molecule is CNC(=O)[C@H](Cc1ccccc1)NC(=O)[C@H](CC(C)C)NS(=O)(=O)CCCCN. The third-order valence-corrected chi connectivity index (χ3v) is 5.84. The average Bonchev–Trinajstić information content (AvgIpc) is 2.66. The van der Waals surface area contributed by atoms with Crippen LogP contribution in [-0.2, 0) is 26.0 Å². The number of rotatable bonds is 13. The second-order valence-electron chi connectivity index (χ2n) is 7.48. The Morgan fingerprint density at radius 1 is 1.03 bits per heavy atom. The fourth-order valence-corrected chi connectivity index (χ4v) is 4.24. The van der Waals surface area contributed by atoms with Gasteiger partial charge in [0.05, 0.1) is 5.75 Å². The van der Waals surface area contributed by atoms with E-state index in [0.717, 1.165) is 5.56 Å². The van der Waals surface area contributed by atoms with Crippen LogP contribution in [-0.4, -0.2) is 51.7 Å². The van der Waals surface area contributed by atoms with E-state index in [-0.39, 0.29) is 17.6 Å². The van der Waals surface area contributed by atoms with Crippen molar-refractivity contribution in [2.75, 3.05) is 19.3 Å². The van der Waals surface area contributed by atoms with Crippen molar-refractivity contribution in [3.63, 3.8) is 0 Å². The molecule has 0 aliphatic carbocycles. The number of benzene rings is 1.